The third-order valence-electron chi connectivity index (χ3n) is 19.0. The van der Waals surface area contributed by atoms with Crippen molar-refractivity contribution in [3.63, 3.8) is 0 Å². The molecule has 0 N–H and O–H groups in total. The smallest absolute Gasteiger partial charge is 0.656 e. The third kappa shape index (κ3) is 42.0. The molecular formula is C95H125F2N22Os5P10+10. The molecule has 39 heteroatoms. The molecule has 0 spiro atoms. The van der Waals surface area contributed by atoms with Gasteiger partial charge in [0.2, 0.25) is 0 Å². The topological polar surface area (TPSA) is 290 Å². The zero-order valence-electron chi connectivity index (χ0n) is 79.5. The van der Waals surface area contributed by atoms with E-state index in [1.807, 2.05) is 134 Å². The van der Waals surface area contributed by atoms with Gasteiger partial charge in [0.1, 0.15) is 29.1 Å². The van der Waals surface area contributed by atoms with E-state index in [0.717, 1.165) is 67.5 Å². The van der Waals surface area contributed by atoms with Crippen molar-refractivity contribution in [2.45, 2.75) is 0 Å². The molecule has 22 nitrogen and oxygen atoms in total. The standard InChI is InChI=1S/2C14H8N5.C13H7F2N2.2C10H6N5.C10H16P2.4C6H16P2.5Os/c2*1-2-4-10-6-16-11(5-9(10)3-1)14-18-12-7-15-8-17-13(12)19-14;14-9-6-10(15)13(16-7-9)12-5-8-3-1-2-4-11(8)17-12;2*1-2-4-12-7(3-1)10-14-8-5-11-6-13-9(8)15-10;1-11(2)9-7-5-6-8-10(9)12(3)4;4*1-7(2)5-6-8(3)4;;;;;/h2*1-8H;1-7H;2*1-6H;5-8H,1-4H3;4*5-6H2,1-4H3;;;;;/q5*-1;;;;;;5*+1/p+10. The van der Waals surface area contributed by atoms with E-state index in [0.29, 0.717) is 73.6 Å². The van der Waals surface area contributed by atoms with Crippen molar-refractivity contribution in [1.29, 1.82) is 0 Å². The Morgan fingerprint density at radius 1 is 0.269 bits per heavy atom. The monoisotopic (exact) mass is 2880 g/mol. The van der Waals surface area contributed by atoms with Crippen LogP contribution in [0.5, 0.6) is 0 Å². The van der Waals surface area contributed by atoms with Crippen LogP contribution in [-0.2, 0) is 99.0 Å². The first-order valence-corrected chi connectivity index (χ1v) is 69.5. The van der Waals surface area contributed by atoms with Crippen molar-refractivity contribution in [2.24, 2.45) is 0 Å². The molecule has 0 unspecified atom stereocenters. The van der Waals surface area contributed by atoms with Gasteiger partial charge < -0.3 is 54.8 Å². The number of halogens is 2. The van der Waals surface area contributed by atoms with Gasteiger partial charge in [-0.15, -0.1) is 11.2 Å². The number of hydrogen-bond acceptors (Lipinski definition) is 17. The van der Waals surface area contributed by atoms with Crippen molar-refractivity contribution in [2.75, 3.05) is 183 Å². The van der Waals surface area contributed by atoms with Crippen molar-refractivity contribution in [3.8, 4) is 57.5 Å². The van der Waals surface area contributed by atoms with Gasteiger partial charge in [-0.1, -0.05) is 103 Å². The maximum atomic E-state index is 13.5. The number of para-hydroxylation sites is 1. The zero-order valence-corrected chi connectivity index (χ0v) is 102. The number of imidazole rings is 4. The first-order chi connectivity index (χ1) is 62.0. The maximum Gasteiger partial charge on any atom is 1.00 e. The molecule has 0 bridgehead atoms. The summed E-state index contributed by atoms with van der Waals surface area (Å²) in [6.45, 7) is 47.8. The van der Waals surface area contributed by atoms with Gasteiger partial charge in [-0.2, -0.15) is 0 Å². The van der Waals surface area contributed by atoms with Crippen LogP contribution in [0.4, 0.5) is 8.78 Å². The molecule has 0 aliphatic rings. The number of benzene rings is 4. The largest absolute Gasteiger partial charge is 1.00 e. The molecule has 14 heterocycles. The number of nitrogens with zero attached hydrogens (tertiary/aromatic N) is 22. The fourth-order valence-corrected chi connectivity index (χ4v) is 31.4. The molecular weight excluding hydrogens is 2750 g/mol. The number of hydrogen-bond donors (Lipinski definition) is 0. The molecule has 4 aromatic carbocycles. The predicted octanol–water partition coefficient (Wildman–Crippen LogP) is 19.2. The van der Waals surface area contributed by atoms with Gasteiger partial charge in [-0.3, -0.25) is 34.9 Å². The first kappa shape index (κ1) is 121. The third-order valence-corrected chi connectivity index (χ3v) is 34.3. The molecule has 709 valence electrons. The Labute approximate surface area is 866 Å². The fraction of sp³-hybridized carbons (Fsp3) is 0.295. The number of pyridine rings is 5. The summed E-state index contributed by atoms with van der Waals surface area (Å²) in [5.74, 6) is 0.954. The molecule has 0 amide bonds. The number of aromatic nitrogens is 22. The summed E-state index contributed by atoms with van der Waals surface area (Å²) >= 11 is 0. The van der Waals surface area contributed by atoms with Crippen molar-refractivity contribution in [1.82, 2.24) is 110 Å². The van der Waals surface area contributed by atoms with Gasteiger partial charge in [0.05, 0.1) is 122 Å². The van der Waals surface area contributed by atoms with Crippen molar-refractivity contribution >= 4 is 167 Å². The molecule has 134 heavy (non-hydrogen) atoms. The molecule has 18 aromatic rings. The second-order valence-electron chi connectivity index (χ2n) is 33.3. The molecule has 14 aromatic heterocycles. The Balaban J connectivity index is 0.000000315. The minimum absolute atomic E-state index is 0. The van der Waals surface area contributed by atoms with E-state index in [2.05, 4.69) is 267 Å². The van der Waals surface area contributed by atoms with E-state index in [9.17, 15) is 8.78 Å². The summed E-state index contributed by atoms with van der Waals surface area (Å²) in [7, 11) is 0.243. The average Bonchev–Trinajstić information content (AvgIpc) is 1.66. The van der Waals surface area contributed by atoms with Crippen LogP contribution in [0.15, 0.2) is 239 Å². The van der Waals surface area contributed by atoms with Gasteiger partial charge in [0.15, 0.2) is 5.82 Å². The van der Waals surface area contributed by atoms with Gasteiger partial charge in [-0.25, -0.2) is 28.7 Å². The van der Waals surface area contributed by atoms with E-state index < -0.39 is 11.6 Å². The van der Waals surface area contributed by atoms with Crippen LogP contribution < -0.4 is 35.5 Å². The molecule has 5 radical (unpaired) electrons. The van der Waals surface area contributed by atoms with Crippen LogP contribution in [0.2, 0.25) is 0 Å². The summed E-state index contributed by atoms with van der Waals surface area (Å²) < 4.78 is 26.3. The molecule has 0 atom stereocenters. The van der Waals surface area contributed by atoms with Gasteiger partial charge in [0, 0.05) is 236 Å². The van der Waals surface area contributed by atoms with Crippen LogP contribution in [-0.4, -0.2) is 267 Å². The zero-order chi connectivity index (χ0) is 92.7. The van der Waals surface area contributed by atoms with Crippen LogP contribution in [0.3, 0.4) is 0 Å². The second-order valence-corrected chi connectivity index (χ2v) is 61.7. The van der Waals surface area contributed by atoms with Crippen LogP contribution >= 0.6 is 79.2 Å². The summed E-state index contributed by atoms with van der Waals surface area (Å²) in [6.07, 6.45) is 32.8. The second kappa shape index (κ2) is 64.5. The van der Waals surface area contributed by atoms with Crippen molar-refractivity contribution in [3.05, 3.63) is 250 Å². The Kier molecular flexibility index (Phi) is 58.1. The van der Waals surface area contributed by atoms with Crippen LogP contribution in [0.25, 0.3) is 135 Å². The van der Waals surface area contributed by atoms with Crippen molar-refractivity contribution < 1.29 is 108 Å². The Morgan fingerprint density at radius 3 is 0.955 bits per heavy atom. The Bertz CT molecular complexity index is 5800. The Morgan fingerprint density at radius 2 is 0.604 bits per heavy atom. The van der Waals surface area contributed by atoms with Crippen LogP contribution in [0, 0.1) is 11.6 Å². The average molecular weight is 2870 g/mol. The minimum atomic E-state index is -0.701. The van der Waals surface area contributed by atoms with Gasteiger partial charge >= 0.3 is 99.0 Å². The first-order valence-electron chi connectivity index (χ1n) is 42.9. The molecule has 0 aliphatic heterocycles. The molecule has 18 rings (SSSR count). The van der Waals surface area contributed by atoms with E-state index >= 15 is 0 Å². The SMILES string of the molecule is C[PH+](C)CC[PH+](C)C.C[PH+](C)CC[PH+](C)C.C[PH+](C)CC[PH+](C)C.C[PH+](C)CC[PH+](C)C.C[PH+](C)c1ccccc1[PH+](C)C.Fc1cnc(-c2cc3ccccc3[n-]2)c(F)c1.[Os+].[Os+].[Os+].[Os+].[Os+].c1ccc(-c2nc3cncnc3[n-]2)nc1.c1ccc(-c2nc3ncncc3[n-]2)nc1.c1ccc2cc(-c3nc4cncnc4[n-]3)ncc2c1.c1ccc2cc(-c3nc4ncncc4[n-]3)ncc2c1. The Hall–Kier alpha value is -5.77. The van der Waals surface area contributed by atoms with E-state index in [1.165, 1.54) is 74.6 Å². The number of rotatable bonds is 19. The molecule has 0 fully saturated rings. The molecule has 0 aliphatic carbocycles. The van der Waals surface area contributed by atoms with E-state index in [-0.39, 0.29) is 184 Å². The summed E-state index contributed by atoms with van der Waals surface area (Å²) in [5, 5.41) is 8.62. The molecule has 0 saturated carbocycles. The van der Waals surface area contributed by atoms with E-state index in [1.54, 1.807) is 53.9 Å². The maximum absolute atomic E-state index is 13.5. The van der Waals surface area contributed by atoms with Gasteiger partial charge in [-0.05, 0) is 151 Å². The normalized spacial score (nSPS) is 10.6. The van der Waals surface area contributed by atoms with Crippen LogP contribution in [0.1, 0.15) is 0 Å². The summed E-state index contributed by atoms with van der Waals surface area (Å²) in [5.41, 5.74) is 9.41. The fourth-order valence-electron chi connectivity index (χ4n) is 11.8. The molecule has 0 saturated heterocycles. The van der Waals surface area contributed by atoms with Gasteiger partial charge in [0.25, 0.3) is 0 Å². The summed E-state index contributed by atoms with van der Waals surface area (Å²) in [6, 6.07) is 50.3. The summed E-state index contributed by atoms with van der Waals surface area (Å²) in [4.78, 5) is 91.5. The predicted molar refractivity (Wildman–Crippen MR) is 577 cm³/mol. The quantitative estimate of drug-likeness (QED) is 0.0680. The minimum Gasteiger partial charge on any atom is -0.656 e. The van der Waals surface area contributed by atoms with E-state index in [4.69, 9.17) is 0 Å². The number of fused-ring (bicyclic) bond motifs is 7.